The van der Waals surface area contributed by atoms with Crippen molar-refractivity contribution < 1.29 is 0 Å². The molecule has 3 heteroatoms. The van der Waals surface area contributed by atoms with Crippen LogP contribution in [-0.2, 0) is 6.54 Å². The fraction of sp³-hybridized carbons (Fsp3) is 0.429. The van der Waals surface area contributed by atoms with Crippen molar-refractivity contribution in [3.05, 3.63) is 36.0 Å². The number of hydrogen-bond acceptors (Lipinski definition) is 2. The molecular weight excluding hydrogens is 210 g/mol. The van der Waals surface area contributed by atoms with Crippen molar-refractivity contribution in [2.75, 3.05) is 13.6 Å². The number of H-pyrrole nitrogens is 1. The van der Waals surface area contributed by atoms with E-state index in [9.17, 15) is 0 Å². The molecule has 0 aliphatic rings. The molecule has 0 saturated heterocycles. The highest BCUT2D eigenvalue weighted by molar-refractivity contribution is 5.82. The van der Waals surface area contributed by atoms with Crippen LogP contribution in [-0.4, -0.2) is 29.5 Å². The number of nitrogens with two attached hydrogens (primary N) is 1. The fourth-order valence-electron chi connectivity index (χ4n) is 2.06. The minimum Gasteiger partial charge on any atom is -0.361 e. The Morgan fingerprint density at radius 1 is 1.35 bits per heavy atom. The van der Waals surface area contributed by atoms with Crippen molar-refractivity contribution in [3.63, 3.8) is 0 Å². The molecule has 0 radical (unpaired) electrons. The third-order valence-electron chi connectivity index (χ3n) is 3.08. The van der Waals surface area contributed by atoms with E-state index in [1.807, 2.05) is 0 Å². The molecule has 0 amide bonds. The van der Waals surface area contributed by atoms with E-state index >= 15 is 0 Å². The van der Waals surface area contributed by atoms with Gasteiger partial charge in [0.05, 0.1) is 0 Å². The van der Waals surface area contributed by atoms with Gasteiger partial charge in [0.25, 0.3) is 0 Å². The number of aromatic nitrogens is 1. The maximum atomic E-state index is 5.77. The molecule has 3 nitrogen and oxygen atoms in total. The lowest BCUT2D eigenvalue weighted by Crippen LogP contribution is -2.25. The van der Waals surface area contributed by atoms with Gasteiger partial charge in [0.2, 0.25) is 0 Å². The highest BCUT2D eigenvalue weighted by Gasteiger charge is 2.06. The normalized spacial score (nSPS) is 13.4. The summed E-state index contributed by atoms with van der Waals surface area (Å²) in [4.78, 5) is 5.63. The minimum absolute atomic E-state index is 0.278. The Bertz CT molecular complexity index is 473. The molecule has 0 aliphatic heterocycles. The Morgan fingerprint density at radius 2 is 2.12 bits per heavy atom. The number of nitrogens with one attached hydrogen (secondary N) is 1. The predicted molar refractivity (Wildman–Crippen MR) is 72.9 cm³/mol. The number of benzene rings is 1. The first kappa shape index (κ1) is 12.1. The van der Waals surface area contributed by atoms with Gasteiger partial charge >= 0.3 is 0 Å². The van der Waals surface area contributed by atoms with Crippen LogP contribution in [0.4, 0.5) is 0 Å². The average Bonchev–Trinajstić information content (AvgIpc) is 2.70. The lowest BCUT2D eigenvalue weighted by molar-refractivity contribution is 0.314. The highest BCUT2D eigenvalue weighted by Crippen LogP contribution is 2.18. The van der Waals surface area contributed by atoms with Crippen molar-refractivity contribution >= 4 is 10.9 Å². The second-order valence-electron chi connectivity index (χ2n) is 4.86. The molecule has 92 valence electrons. The summed E-state index contributed by atoms with van der Waals surface area (Å²) >= 11 is 0. The first-order valence-corrected chi connectivity index (χ1v) is 6.16. The van der Waals surface area contributed by atoms with Crippen LogP contribution in [0.2, 0.25) is 0 Å². The summed E-state index contributed by atoms with van der Waals surface area (Å²) < 4.78 is 0. The Morgan fingerprint density at radius 3 is 2.88 bits per heavy atom. The molecule has 2 rings (SSSR count). The minimum atomic E-state index is 0.278. The number of para-hydroxylation sites is 1. The number of hydrogen-bond donors (Lipinski definition) is 2. The van der Waals surface area contributed by atoms with Gasteiger partial charge in [-0.3, -0.25) is 0 Å². The van der Waals surface area contributed by atoms with Crippen molar-refractivity contribution in [3.8, 4) is 0 Å². The average molecular weight is 231 g/mol. The quantitative estimate of drug-likeness (QED) is 0.829. The molecule has 0 bridgehead atoms. The van der Waals surface area contributed by atoms with Crippen LogP contribution in [0.1, 0.15) is 18.9 Å². The van der Waals surface area contributed by atoms with Crippen LogP contribution >= 0.6 is 0 Å². The molecule has 1 unspecified atom stereocenters. The van der Waals surface area contributed by atoms with Crippen molar-refractivity contribution in [2.24, 2.45) is 5.73 Å². The maximum absolute atomic E-state index is 5.77. The van der Waals surface area contributed by atoms with E-state index in [-0.39, 0.29) is 6.04 Å². The Kier molecular flexibility index (Phi) is 3.82. The van der Waals surface area contributed by atoms with E-state index in [0.717, 1.165) is 19.5 Å². The summed E-state index contributed by atoms with van der Waals surface area (Å²) in [7, 11) is 2.14. The standard InChI is InChI=1S/C14H21N3/c1-11(15)7-8-17(2)10-12-9-16-14-6-4-3-5-13(12)14/h3-6,9,11,16H,7-8,10,15H2,1-2H3. The summed E-state index contributed by atoms with van der Waals surface area (Å²) in [5.41, 5.74) is 8.34. The Labute approximate surface area is 103 Å². The van der Waals surface area contributed by atoms with E-state index in [0.29, 0.717) is 0 Å². The maximum Gasteiger partial charge on any atom is 0.0457 e. The molecule has 1 aromatic heterocycles. The zero-order valence-electron chi connectivity index (χ0n) is 10.6. The SMILES string of the molecule is CC(N)CCN(C)Cc1c[nH]c2ccccc12. The number of rotatable bonds is 5. The first-order valence-electron chi connectivity index (χ1n) is 6.16. The zero-order valence-corrected chi connectivity index (χ0v) is 10.6. The first-order chi connectivity index (χ1) is 8.16. The second kappa shape index (κ2) is 5.34. The largest absolute Gasteiger partial charge is 0.361 e. The molecule has 0 saturated carbocycles. The van der Waals surface area contributed by atoms with Gasteiger partial charge in [0.1, 0.15) is 0 Å². The molecule has 3 N–H and O–H groups in total. The van der Waals surface area contributed by atoms with Gasteiger partial charge in [-0.15, -0.1) is 0 Å². The van der Waals surface area contributed by atoms with Gasteiger partial charge in [-0.1, -0.05) is 18.2 Å². The van der Waals surface area contributed by atoms with Crippen LogP contribution in [0, 0.1) is 0 Å². The molecule has 1 aromatic carbocycles. The predicted octanol–water partition coefficient (Wildman–Crippen LogP) is 2.34. The topological polar surface area (TPSA) is 45.0 Å². The van der Waals surface area contributed by atoms with Crippen LogP contribution in [0.3, 0.4) is 0 Å². The van der Waals surface area contributed by atoms with Gasteiger partial charge in [0.15, 0.2) is 0 Å². The van der Waals surface area contributed by atoms with Crippen molar-refractivity contribution in [2.45, 2.75) is 25.9 Å². The van der Waals surface area contributed by atoms with E-state index in [4.69, 9.17) is 5.73 Å². The summed E-state index contributed by atoms with van der Waals surface area (Å²) in [5.74, 6) is 0. The van der Waals surface area contributed by atoms with Gasteiger partial charge in [-0.25, -0.2) is 0 Å². The van der Waals surface area contributed by atoms with Crippen LogP contribution in [0.25, 0.3) is 10.9 Å². The molecule has 17 heavy (non-hydrogen) atoms. The summed E-state index contributed by atoms with van der Waals surface area (Å²) in [6, 6.07) is 8.70. The summed E-state index contributed by atoms with van der Waals surface area (Å²) in [6.07, 6.45) is 3.14. The van der Waals surface area contributed by atoms with E-state index < -0.39 is 0 Å². The number of fused-ring (bicyclic) bond motifs is 1. The van der Waals surface area contributed by atoms with Gasteiger partial charge < -0.3 is 15.6 Å². The van der Waals surface area contributed by atoms with E-state index in [2.05, 4.69) is 54.3 Å². The third kappa shape index (κ3) is 3.08. The number of nitrogens with zero attached hydrogens (tertiary/aromatic N) is 1. The Hall–Kier alpha value is -1.32. The van der Waals surface area contributed by atoms with Crippen molar-refractivity contribution in [1.82, 2.24) is 9.88 Å². The highest BCUT2D eigenvalue weighted by atomic mass is 15.1. The summed E-state index contributed by atoms with van der Waals surface area (Å²) in [6.45, 7) is 4.06. The zero-order chi connectivity index (χ0) is 12.3. The van der Waals surface area contributed by atoms with Crippen LogP contribution in [0.5, 0.6) is 0 Å². The number of aromatic amines is 1. The van der Waals surface area contributed by atoms with Crippen molar-refractivity contribution in [1.29, 1.82) is 0 Å². The molecule has 1 atom stereocenters. The van der Waals surface area contributed by atoms with Crippen LogP contribution < -0.4 is 5.73 Å². The fourth-order valence-corrected chi connectivity index (χ4v) is 2.06. The summed E-state index contributed by atoms with van der Waals surface area (Å²) in [5, 5.41) is 1.32. The molecule has 0 fully saturated rings. The van der Waals surface area contributed by atoms with E-state index in [1.54, 1.807) is 0 Å². The smallest absolute Gasteiger partial charge is 0.0457 e. The van der Waals surface area contributed by atoms with Crippen LogP contribution in [0.15, 0.2) is 30.5 Å². The molecule has 2 aromatic rings. The molecular formula is C14H21N3. The van der Waals surface area contributed by atoms with E-state index in [1.165, 1.54) is 16.5 Å². The third-order valence-corrected chi connectivity index (χ3v) is 3.08. The van der Waals surface area contributed by atoms with Gasteiger partial charge in [0, 0.05) is 29.7 Å². The second-order valence-corrected chi connectivity index (χ2v) is 4.86. The molecule has 1 heterocycles. The van der Waals surface area contributed by atoms with Gasteiger partial charge in [-0.2, -0.15) is 0 Å². The lowest BCUT2D eigenvalue weighted by atomic mass is 10.1. The molecule has 0 aliphatic carbocycles. The Balaban J connectivity index is 2.03. The monoisotopic (exact) mass is 231 g/mol. The van der Waals surface area contributed by atoms with Gasteiger partial charge in [-0.05, 0) is 38.6 Å². The molecule has 0 spiro atoms. The lowest BCUT2D eigenvalue weighted by Gasteiger charge is -2.17.